The molecule has 2 N–H and O–H groups in total. The van der Waals surface area contributed by atoms with Crippen LogP contribution in [0.5, 0.6) is 0 Å². The van der Waals surface area contributed by atoms with Gasteiger partial charge in [0.1, 0.15) is 6.04 Å². The van der Waals surface area contributed by atoms with E-state index in [9.17, 15) is 9.59 Å². The van der Waals surface area contributed by atoms with Crippen LogP contribution in [-0.4, -0.2) is 29.4 Å². The maximum Gasteiger partial charge on any atom is 0.253 e. The summed E-state index contributed by atoms with van der Waals surface area (Å²) < 4.78 is 0. The lowest BCUT2D eigenvalue weighted by molar-refractivity contribution is -0.122. The van der Waals surface area contributed by atoms with Gasteiger partial charge in [0.2, 0.25) is 5.91 Å². The van der Waals surface area contributed by atoms with Gasteiger partial charge in [-0.05, 0) is 45.4 Å². The van der Waals surface area contributed by atoms with E-state index >= 15 is 0 Å². The van der Waals surface area contributed by atoms with E-state index in [-0.39, 0.29) is 11.8 Å². The fourth-order valence-electron chi connectivity index (χ4n) is 2.36. The first-order chi connectivity index (χ1) is 10.9. The number of hydrogen-bond acceptors (Lipinski definition) is 3. The Kier molecular flexibility index (Phi) is 5.32. The molecule has 1 aromatic carbocycles. The molecule has 1 aromatic heterocycles. The van der Waals surface area contributed by atoms with E-state index < -0.39 is 6.04 Å². The molecule has 2 rings (SSSR count). The molecule has 0 fully saturated rings. The number of rotatable bonds is 5. The lowest BCUT2D eigenvalue weighted by Crippen LogP contribution is -2.45. The maximum absolute atomic E-state index is 12.5. The molecule has 1 atom stereocenters. The second-order valence-electron chi connectivity index (χ2n) is 5.80. The van der Waals surface area contributed by atoms with Crippen LogP contribution in [0, 0.1) is 13.8 Å². The van der Waals surface area contributed by atoms with Crippen molar-refractivity contribution in [3.8, 4) is 0 Å². The molecule has 0 spiro atoms. The van der Waals surface area contributed by atoms with Crippen molar-refractivity contribution in [2.75, 3.05) is 6.54 Å². The molecular weight excluding hydrogens is 290 g/mol. The fraction of sp³-hybridized carbons (Fsp3) is 0.389. The van der Waals surface area contributed by atoms with Crippen molar-refractivity contribution < 1.29 is 9.59 Å². The molecular formula is C18H23N3O2. The highest BCUT2D eigenvalue weighted by Gasteiger charge is 2.18. The molecule has 0 aliphatic rings. The van der Waals surface area contributed by atoms with Gasteiger partial charge in [-0.2, -0.15) is 0 Å². The quantitative estimate of drug-likeness (QED) is 0.891. The van der Waals surface area contributed by atoms with Gasteiger partial charge in [-0.25, -0.2) is 0 Å². The summed E-state index contributed by atoms with van der Waals surface area (Å²) in [4.78, 5) is 28.8. The Hall–Kier alpha value is -2.43. The molecule has 0 bridgehead atoms. The highest BCUT2D eigenvalue weighted by atomic mass is 16.2. The molecule has 0 aliphatic carbocycles. The predicted molar refractivity (Wildman–Crippen MR) is 91.4 cm³/mol. The number of pyridine rings is 1. The average molecular weight is 313 g/mol. The standard InChI is InChI=1S/C18H23N3O2/c1-5-8-19-17(22)13(4)21-18(23)15-10-14-9-11(2)6-7-16(14)20-12(15)3/h6-7,9-10,13H,5,8H2,1-4H3,(H,19,22)(H,21,23). The third-order valence-corrected chi connectivity index (χ3v) is 3.70. The normalized spacial score (nSPS) is 12.0. The summed E-state index contributed by atoms with van der Waals surface area (Å²) in [6.45, 7) is 8.07. The molecule has 5 nitrogen and oxygen atoms in total. The molecule has 1 unspecified atom stereocenters. The van der Waals surface area contributed by atoms with Gasteiger partial charge in [-0.15, -0.1) is 0 Å². The fourth-order valence-corrected chi connectivity index (χ4v) is 2.36. The monoisotopic (exact) mass is 313 g/mol. The highest BCUT2D eigenvalue weighted by molar-refractivity contribution is 6.00. The first-order valence-electron chi connectivity index (χ1n) is 7.89. The van der Waals surface area contributed by atoms with Gasteiger partial charge in [-0.3, -0.25) is 14.6 Å². The van der Waals surface area contributed by atoms with E-state index in [1.165, 1.54) is 0 Å². The third kappa shape index (κ3) is 4.06. The lowest BCUT2D eigenvalue weighted by Gasteiger charge is -2.15. The van der Waals surface area contributed by atoms with Crippen molar-refractivity contribution in [3.05, 3.63) is 41.1 Å². The van der Waals surface area contributed by atoms with E-state index in [0.717, 1.165) is 22.9 Å². The summed E-state index contributed by atoms with van der Waals surface area (Å²) in [5.41, 5.74) is 3.12. The largest absolute Gasteiger partial charge is 0.354 e. The number of benzene rings is 1. The second kappa shape index (κ2) is 7.22. The van der Waals surface area contributed by atoms with Gasteiger partial charge >= 0.3 is 0 Å². The van der Waals surface area contributed by atoms with Gasteiger partial charge in [0, 0.05) is 11.9 Å². The van der Waals surface area contributed by atoms with Gasteiger partial charge in [0.15, 0.2) is 0 Å². The summed E-state index contributed by atoms with van der Waals surface area (Å²) in [5.74, 6) is -0.458. The maximum atomic E-state index is 12.5. The minimum Gasteiger partial charge on any atom is -0.354 e. The van der Waals surface area contributed by atoms with Crippen molar-refractivity contribution in [2.45, 2.75) is 40.2 Å². The Balaban J connectivity index is 2.20. The number of aromatic nitrogens is 1. The molecule has 1 heterocycles. The smallest absolute Gasteiger partial charge is 0.253 e. The van der Waals surface area contributed by atoms with Gasteiger partial charge in [0.25, 0.3) is 5.91 Å². The van der Waals surface area contributed by atoms with Crippen LogP contribution in [0.3, 0.4) is 0 Å². The number of hydrogen-bond donors (Lipinski definition) is 2. The Morgan fingerprint density at radius 1 is 1.22 bits per heavy atom. The number of nitrogens with zero attached hydrogens (tertiary/aromatic N) is 1. The van der Waals surface area contributed by atoms with E-state index in [1.54, 1.807) is 13.8 Å². The molecule has 2 amide bonds. The summed E-state index contributed by atoms with van der Waals surface area (Å²) in [7, 11) is 0. The first kappa shape index (κ1) is 16.9. The third-order valence-electron chi connectivity index (χ3n) is 3.70. The van der Waals surface area contributed by atoms with Crippen molar-refractivity contribution in [3.63, 3.8) is 0 Å². The zero-order valence-corrected chi connectivity index (χ0v) is 14.1. The summed E-state index contributed by atoms with van der Waals surface area (Å²) in [6, 6.07) is 7.18. The number of nitrogens with one attached hydrogen (secondary N) is 2. The lowest BCUT2D eigenvalue weighted by atomic mass is 10.1. The minimum atomic E-state index is -0.582. The topological polar surface area (TPSA) is 71.1 Å². The second-order valence-corrected chi connectivity index (χ2v) is 5.80. The van der Waals surface area contributed by atoms with Crippen molar-refractivity contribution in [2.24, 2.45) is 0 Å². The van der Waals surface area contributed by atoms with Crippen molar-refractivity contribution in [1.29, 1.82) is 0 Å². The van der Waals surface area contributed by atoms with Crippen LogP contribution in [0.15, 0.2) is 24.3 Å². The average Bonchev–Trinajstić information content (AvgIpc) is 2.52. The molecule has 0 saturated carbocycles. The van der Waals surface area contributed by atoms with Crippen LogP contribution in [0.2, 0.25) is 0 Å². The van der Waals surface area contributed by atoms with Crippen molar-refractivity contribution in [1.82, 2.24) is 15.6 Å². The SMILES string of the molecule is CCCNC(=O)C(C)NC(=O)c1cc2cc(C)ccc2nc1C. The Labute approximate surface area is 136 Å². The number of carbonyl (C=O) groups is 2. The van der Waals surface area contributed by atoms with E-state index in [4.69, 9.17) is 0 Å². The molecule has 0 saturated heterocycles. The summed E-state index contributed by atoms with van der Waals surface area (Å²) >= 11 is 0. The van der Waals surface area contributed by atoms with Crippen molar-refractivity contribution >= 4 is 22.7 Å². The van der Waals surface area contributed by atoms with Crippen LogP contribution in [-0.2, 0) is 4.79 Å². The van der Waals surface area contributed by atoms with Crippen LogP contribution in [0.25, 0.3) is 10.9 Å². The molecule has 23 heavy (non-hydrogen) atoms. The van der Waals surface area contributed by atoms with E-state index in [1.807, 2.05) is 38.1 Å². The van der Waals surface area contributed by atoms with Crippen LogP contribution in [0.1, 0.15) is 41.9 Å². The van der Waals surface area contributed by atoms with E-state index in [2.05, 4.69) is 15.6 Å². The predicted octanol–water partition coefficient (Wildman–Crippen LogP) is 2.50. The number of fused-ring (bicyclic) bond motifs is 1. The van der Waals surface area contributed by atoms with Gasteiger partial charge in [0.05, 0.1) is 16.8 Å². The van der Waals surface area contributed by atoms with Gasteiger partial charge in [-0.1, -0.05) is 18.6 Å². The molecule has 0 aliphatic heterocycles. The van der Waals surface area contributed by atoms with Crippen LogP contribution >= 0.6 is 0 Å². The van der Waals surface area contributed by atoms with E-state index in [0.29, 0.717) is 17.8 Å². The highest BCUT2D eigenvalue weighted by Crippen LogP contribution is 2.18. The minimum absolute atomic E-state index is 0.178. The summed E-state index contributed by atoms with van der Waals surface area (Å²) in [6.07, 6.45) is 0.861. The molecule has 122 valence electrons. The Morgan fingerprint density at radius 3 is 2.65 bits per heavy atom. The van der Waals surface area contributed by atoms with Crippen LogP contribution < -0.4 is 10.6 Å². The number of carbonyl (C=O) groups excluding carboxylic acids is 2. The molecule has 0 radical (unpaired) electrons. The first-order valence-corrected chi connectivity index (χ1v) is 7.89. The van der Waals surface area contributed by atoms with Crippen LogP contribution in [0.4, 0.5) is 0 Å². The zero-order valence-electron chi connectivity index (χ0n) is 14.1. The molecule has 5 heteroatoms. The zero-order chi connectivity index (χ0) is 17.0. The number of amides is 2. The molecule has 2 aromatic rings. The number of aryl methyl sites for hydroxylation is 2. The Morgan fingerprint density at radius 2 is 1.96 bits per heavy atom. The Bertz CT molecular complexity index is 740. The van der Waals surface area contributed by atoms with Gasteiger partial charge < -0.3 is 10.6 Å². The summed E-state index contributed by atoms with van der Waals surface area (Å²) in [5, 5.41) is 6.43.